The third-order valence-electron chi connectivity index (χ3n) is 6.68. The Morgan fingerprint density at radius 3 is 2.63 bits per heavy atom. The molecule has 0 unspecified atom stereocenters. The minimum atomic E-state index is -0.163. The molecule has 3 aliphatic rings. The Hall–Kier alpha value is -0.790. The number of carbonyl (C=O) groups is 1. The van der Waals surface area contributed by atoms with Crippen LogP contribution >= 0.6 is 0 Å². The summed E-state index contributed by atoms with van der Waals surface area (Å²) in [6, 6.07) is 0. The maximum absolute atomic E-state index is 11.4. The van der Waals surface area contributed by atoms with Crippen LogP contribution < -0.4 is 0 Å². The highest BCUT2D eigenvalue weighted by Gasteiger charge is 2.66. The highest BCUT2D eigenvalue weighted by Crippen LogP contribution is 2.72. The van der Waals surface area contributed by atoms with Gasteiger partial charge in [0.15, 0.2) is 0 Å². The Labute approximate surface area is 116 Å². The van der Waals surface area contributed by atoms with Crippen LogP contribution in [0.15, 0.2) is 12.2 Å². The van der Waals surface area contributed by atoms with Crippen molar-refractivity contribution in [2.24, 2.45) is 28.6 Å². The average Bonchev–Trinajstić information content (AvgIpc) is 2.70. The molecule has 3 aliphatic carbocycles. The molecule has 0 aromatic rings. The zero-order chi connectivity index (χ0) is 14.0. The molecule has 19 heavy (non-hydrogen) atoms. The lowest BCUT2D eigenvalue weighted by atomic mass is 9.66. The van der Waals surface area contributed by atoms with Crippen molar-refractivity contribution in [3.8, 4) is 0 Å². The van der Waals surface area contributed by atoms with Crippen LogP contribution in [-0.2, 0) is 9.53 Å². The van der Waals surface area contributed by atoms with E-state index in [1.807, 2.05) is 0 Å². The third kappa shape index (κ3) is 1.58. The van der Waals surface area contributed by atoms with E-state index in [1.165, 1.54) is 31.8 Å². The second-order valence-electron chi connectivity index (χ2n) is 7.72. The molecule has 0 saturated heterocycles. The maximum Gasteiger partial charge on any atom is 0.303 e. The minimum Gasteiger partial charge on any atom is -0.458 e. The molecule has 0 aromatic carbocycles. The summed E-state index contributed by atoms with van der Waals surface area (Å²) in [6.07, 6.45) is 4.91. The van der Waals surface area contributed by atoms with Gasteiger partial charge in [-0.05, 0) is 59.8 Å². The summed E-state index contributed by atoms with van der Waals surface area (Å²) >= 11 is 0. The first-order valence-electron chi connectivity index (χ1n) is 7.65. The lowest BCUT2D eigenvalue weighted by Crippen LogP contribution is -2.38. The Bertz CT molecular complexity index is 437. The number of fused-ring (bicyclic) bond motifs is 1. The van der Waals surface area contributed by atoms with E-state index in [9.17, 15) is 4.79 Å². The minimum absolute atomic E-state index is 0.0407. The molecule has 0 amide bonds. The van der Waals surface area contributed by atoms with Crippen molar-refractivity contribution in [3.05, 3.63) is 12.2 Å². The standard InChI is InChI=1S/C17H26O2/c1-10-6-7-15-16(4,5)13-8-17(10,15)9-14(11(13)2)19-12(3)18/h10,13-15H,2,6-9H2,1,3-5H3/t10-,13+,14+,15+,17-/m1/s1. The highest BCUT2D eigenvalue weighted by atomic mass is 16.5. The predicted octanol–water partition coefficient (Wildman–Crippen LogP) is 3.96. The van der Waals surface area contributed by atoms with Gasteiger partial charge in [-0.25, -0.2) is 0 Å². The summed E-state index contributed by atoms with van der Waals surface area (Å²) in [5.74, 6) is 1.90. The molecule has 106 valence electrons. The van der Waals surface area contributed by atoms with E-state index in [0.717, 1.165) is 18.3 Å². The van der Waals surface area contributed by atoms with Crippen LogP contribution in [0, 0.1) is 28.6 Å². The molecule has 2 nitrogen and oxygen atoms in total. The van der Waals surface area contributed by atoms with Crippen molar-refractivity contribution in [3.63, 3.8) is 0 Å². The molecule has 0 radical (unpaired) electrons. The van der Waals surface area contributed by atoms with Gasteiger partial charge in [0.1, 0.15) is 6.10 Å². The van der Waals surface area contributed by atoms with E-state index >= 15 is 0 Å². The summed E-state index contributed by atoms with van der Waals surface area (Å²) < 4.78 is 5.59. The molecule has 0 heterocycles. The van der Waals surface area contributed by atoms with Gasteiger partial charge >= 0.3 is 5.97 Å². The van der Waals surface area contributed by atoms with Crippen molar-refractivity contribution < 1.29 is 9.53 Å². The molecule has 2 heteroatoms. The second kappa shape index (κ2) is 3.86. The number of hydrogen-bond donors (Lipinski definition) is 0. The van der Waals surface area contributed by atoms with Gasteiger partial charge in [0, 0.05) is 6.92 Å². The predicted molar refractivity (Wildman–Crippen MR) is 75.5 cm³/mol. The summed E-state index contributed by atoms with van der Waals surface area (Å²) in [6.45, 7) is 13.0. The zero-order valence-corrected chi connectivity index (χ0v) is 12.7. The SMILES string of the molecule is C=C1[C@@H](OC(C)=O)C[C@@]23C[C@@H]1C(C)(C)[C@@H]2CC[C@H]3C. The molecule has 3 rings (SSSR count). The number of carbonyl (C=O) groups excluding carboxylic acids is 1. The van der Waals surface area contributed by atoms with E-state index < -0.39 is 0 Å². The van der Waals surface area contributed by atoms with Gasteiger partial charge in [0.05, 0.1) is 0 Å². The fourth-order valence-corrected chi connectivity index (χ4v) is 5.73. The lowest BCUT2D eigenvalue weighted by molar-refractivity contribution is -0.147. The number of hydrogen-bond acceptors (Lipinski definition) is 2. The Kier molecular flexibility index (Phi) is 2.69. The first-order valence-corrected chi connectivity index (χ1v) is 7.65. The van der Waals surface area contributed by atoms with Crippen molar-refractivity contribution in [2.45, 2.75) is 59.5 Å². The van der Waals surface area contributed by atoms with Crippen LogP contribution in [0.2, 0.25) is 0 Å². The van der Waals surface area contributed by atoms with Crippen LogP contribution in [-0.4, -0.2) is 12.1 Å². The Morgan fingerprint density at radius 2 is 2.00 bits per heavy atom. The summed E-state index contributed by atoms with van der Waals surface area (Å²) in [4.78, 5) is 11.4. The normalized spacial score (nSPS) is 47.1. The Balaban J connectivity index is 2.00. The van der Waals surface area contributed by atoms with Crippen LogP contribution in [0.5, 0.6) is 0 Å². The number of rotatable bonds is 1. The quantitative estimate of drug-likeness (QED) is 0.528. The topological polar surface area (TPSA) is 26.3 Å². The monoisotopic (exact) mass is 262 g/mol. The van der Waals surface area contributed by atoms with E-state index in [2.05, 4.69) is 27.4 Å². The van der Waals surface area contributed by atoms with Crippen molar-refractivity contribution in [1.29, 1.82) is 0 Å². The molecule has 3 saturated carbocycles. The van der Waals surface area contributed by atoms with Gasteiger partial charge < -0.3 is 4.74 Å². The lowest BCUT2D eigenvalue weighted by Gasteiger charge is -2.41. The molecule has 1 spiro atoms. The maximum atomic E-state index is 11.4. The second-order valence-corrected chi connectivity index (χ2v) is 7.72. The molecule has 0 aromatic heterocycles. The van der Waals surface area contributed by atoms with E-state index in [0.29, 0.717) is 16.7 Å². The van der Waals surface area contributed by atoms with Gasteiger partial charge in [-0.3, -0.25) is 4.79 Å². The fraction of sp³-hybridized carbons (Fsp3) is 0.824. The van der Waals surface area contributed by atoms with Crippen LogP contribution in [0.3, 0.4) is 0 Å². The van der Waals surface area contributed by atoms with Gasteiger partial charge in [-0.1, -0.05) is 27.4 Å². The van der Waals surface area contributed by atoms with E-state index in [1.54, 1.807) is 0 Å². The summed E-state index contributed by atoms with van der Waals surface area (Å²) in [5.41, 5.74) is 1.89. The molecule has 2 bridgehead atoms. The summed E-state index contributed by atoms with van der Waals surface area (Å²) in [5, 5.41) is 0. The summed E-state index contributed by atoms with van der Waals surface area (Å²) in [7, 11) is 0. The number of esters is 1. The zero-order valence-electron chi connectivity index (χ0n) is 12.7. The third-order valence-corrected chi connectivity index (χ3v) is 6.68. The largest absolute Gasteiger partial charge is 0.458 e. The molecular formula is C17H26O2. The van der Waals surface area contributed by atoms with Crippen molar-refractivity contribution in [1.82, 2.24) is 0 Å². The van der Waals surface area contributed by atoms with Crippen molar-refractivity contribution in [2.75, 3.05) is 0 Å². The van der Waals surface area contributed by atoms with Gasteiger partial charge in [0.25, 0.3) is 0 Å². The highest BCUT2D eigenvalue weighted by molar-refractivity contribution is 5.66. The van der Waals surface area contributed by atoms with E-state index in [4.69, 9.17) is 4.74 Å². The molecular weight excluding hydrogens is 236 g/mol. The molecule has 5 atom stereocenters. The van der Waals surface area contributed by atoms with Gasteiger partial charge in [-0.15, -0.1) is 0 Å². The first-order chi connectivity index (χ1) is 8.79. The molecule has 0 aliphatic heterocycles. The van der Waals surface area contributed by atoms with Crippen LogP contribution in [0.25, 0.3) is 0 Å². The molecule has 3 fully saturated rings. The van der Waals surface area contributed by atoms with Gasteiger partial charge in [-0.2, -0.15) is 0 Å². The average molecular weight is 262 g/mol. The van der Waals surface area contributed by atoms with E-state index in [-0.39, 0.29) is 12.1 Å². The van der Waals surface area contributed by atoms with Gasteiger partial charge in [0.2, 0.25) is 0 Å². The Morgan fingerprint density at radius 1 is 1.32 bits per heavy atom. The smallest absolute Gasteiger partial charge is 0.303 e. The van der Waals surface area contributed by atoms with Crippen molar-refractivity contribution >= 4 is 5.97 Å². The number of ether oxygens (including phenoxy) is 1. The fourth-order valence-electron chi connectivity index (χ4n) is 5.73. The molecule has 0 N–H and O–H groups in total. The van der Waals surface area contributed by atoms with Crippen LogP contribution in [0.4, 0.5) is 0 Å². The first kappa shape index (κ1) is 13.2. The van der Waals surface area contributed by atoms with Crippen LogP contribution in [0.1, 0.15) is 53.4 Å².